The molecule has 3 aromatic rings. The number of hydrogen-bond acceptors (Lipinski definition) is 6. The molecule has 0 saturated carbocycles. The first-order valence-electron chi connectivity index (χ1n) is 12.2. The summed E-state index contributed by atoms with van der Waals surface area (Å²) in [5, 5.41) is 2.25. The smallest absolute Gasteiger partial charge is 0.236 e. The van der Waals surface area contributed by atoms with Crippen LogP contribution in [0.15, 0.2) is 30.7 Å². The number of carbonyl (C=O) groups is 1. The summed E-state index contributed by atoms with van der Waals surface area (Å²) >= 11 is 0. The second kappa shape index (κ2) is 9.65. The topological polar surface area (TPSA) is 77.6 Å². The maximum absolute atomic E-state index is 13.0. The Morgan fingerprint density at radius 2 is 2.03 bits per heavy atom. The lowest BCUT2D eigenvalue weighted by molar-refractivity contribution is -0.136. The summed E-state index contributed by atoms with van der Waals surface area (Å²) < 4.78 is 6.01. The number of H-pyrrole nitrogens is 1. The van der Waals surface area contributed by atoms with Gasteiger partial charge < -0.3 is 19.5 Å². The number of anilines is 1. The zero-order valence-corrected chi connectivity index (χ0v) is 19.7. The molecule has 2 fully saturated rings. The van der Waals surface area contributed by atoms with Gasteiger partial charge in [-0.15, -0.1) is 0 Å². The summed E-state index contributed by atoms with van der Waals surface area (Å²) in [6.07, 6.45) is 7.92. The van der Waals surface area contributed by atoms with Crippen molar-refractivity contribution >= 4 is 33.5 Å². The van der Waals surface area contributed by atoms with Gasteiger partial charge >= 0.3 is 0 Å². The lowest BCUT2D eigenvalue weighted by Crippen LogP contribution is -2.52. The molecule has 0 aromatic carbocycles. The number of fused-ring (bicyclic) bond motifs is 3. The SMILES string of the molecule is CC(C)COC1CCCN(C(=O)CN2CCN(c3cc[nH]c4cnc5nccc5c34)CC2)C1. The Bertz CT molecular complexity index is 1100. The van der Waals surface area contributed by atoms with Crippen LogP contribution in [0.3, 0.4) is 0 Å². The minimum Gasteiger partial charge on any atom is -0.376 e. The van der Waals surface area contributed by atoms with E-state index in [-0.39, 0.29) is 12.0 Å². The molecule has 8 heteroatoms. The van der Waals surface area contributed by atoms with Crippen LogP contribution in [0, 0.1) is 5.92 Å². The van der Waals surface area contributed by atoms with Crippen molar-refractivity contribution in [2.75, 3.05) is 57.3 Å². The molecular formula is C25H34N6O2. The summed E-state index contributed by atoms with van der Waals surface area (Å²) in [5.41, 5.74) is 3.01. The number of aromatic amines is 1. The van der Waals surface area contributed by atoms with E-state index < -0.39 is 0 Å². The normalized spacial score (nSPS) is 20.3. The molecule has 0 aliphatic carbocycles. The zero-order valence-electron chi connectivity index (χ0n) is 19.7. The fraction of sp³-hybridized carbons (Fsp3) is 0.560. The summed E-state index contributed by atoms with van der Waals surface area (Å²) in [7, 11) is 0. The predicted molar refractivity (Wildman–Crippen MR) is 130 cm³/mol. The highest BCUT2D eigenvalue weighted by atomic mass is 16.5. The Balaban J connectivity index is 1.20. The van der Waals surface area contributed by atoms with Crippen molar-refractivity contribution in [1.29, 1.82) is 0 Å². The standard InChI is InChI=1S/C25H34N6O2/c1-18(2)17-33-19-4-3-9-31(15-19)23(32)16-29-10-12-30(13-11-29)22-6-8-26-21-14-28-25-20(24(21)22)5-7-27-25/h5-8,14,18-19,26H,3-4,9-13,15-17H2,1-2H3. The van der Waals surface area contributed by atoms with E-state index in [9.17, 15) is 4.79 Å². The summed E-state index contributed by atoms with van der Waals surface area (Å²) in [5.74, 6) is 0.756. The van der Waals surface area contributed by atoms with Crippen LogP contribution >= 0.6 is 0 Å². The Labute approximate surface area is 194 Å². The van der Waals surface area contributed by atoms with Gasteiger partial charge in [-0.2, -0.15) is 0 Å². The molecule has 1 unspecified atom stereocenters. The highest BCUT2D eigenvalue weighted by molar-refractivity contribution is 6.09. The van der Waals surface area contributed by atoms with E-state index in [1.54, 1.807) is 0 Å². The van der Waals surface area contributed by atoms with E-state index in [1.807, 2.05) is 29.6 Å². The molecule has 1 N–H and O–H groups in total. The van der Waals surface area contributed by atoms with Gasteiger partial charge in [0.05, 0.1) is 24.4 Å². The summed E-state index contributed by atoms with van der Waals surface area (Å²) in [6.45, 7) is 10.7. The molecule has 2 saturated heterocycles. The van der Waals surface area contributed by atoms with E-state index in [2.05, 4.69) is 44.7 Å². The molecule has 3 aromatic heterocycles. The van der Waals surface area contributed by atoms with Crippen LogP contribution < -0.4 is 4.90 Å². The van der Waals surface area contributed by atoms with Crippen molar-refractivity contribution in [2.24, 2.45) is 5.92 Å². The first-order valence-corrected chi connectivity index (χ1v) is 12.2. The molecule has 5 heterocycles. The van der Waals surface area contributed by atoms with Crippen LogP contribution in [0.5, 0.6) is 0 Å². The van der Waals surface area contributed by atoms with Gasteiger partial charge in [-0.1, -0.05) is 13.8 Å². The van der Waals surface area contributed by atoms with Crippen molar-refractivity contribution in [3.63, 3.8) is 0 Å². The first kappa shape index (κ1) is 22.1. The van der Waals surface area contributed by atoms with Gasteiger partial charge in [0.1, 0.15) is 0 Å². The second-order valence-corrected chi connectivity index (χ2v) is 9.69. The third-order valence-corrected chi connectivity index (χ3v) is 6.74. The van der Waals surface area contributed by atoms with Crippen molar-refractivity contribution in [3.05, 3.63) is 30.7 Å². The number of hydrogen-bond donors (Lipinski definition) is 1. The van der Waals surface area contributed by atoms with Crippen molar-refractivity contribution < 1.29 is 9.53 Å². The number of aromatic nitrogens is 3. The van der Waals surface area contributed by atoms with E-state index in [4.69, 9.17) is 4.74 Å². The summed E-state index contributed by atoms with van der Waals surface area (Å²) in [6, 6.07) is 4.17. The molecule has 1 atom stereocenters. The molecule has 33 heavy (non-hydrogen) atoms. The molecule has 2 aliphatic heterocycles. The highest BCUT2D eigenvalue weighted by Gasteiger charge is 2.27. The van der Waals surface area contributed by atoms with Gasteiger partial charge in [0.15, 0.2) is 5.65 Å². The highest BCUT2D eigenvalue weighted by Crippen LogP contribution is 2.31. The third kappa shape index (κ3) is 4.82. The summed E-state index contributed by atoms with van der Waals surface area (Å²) in [4.78, 5) is 31.8. The lowest BCUT2D eigenvalue weighted by atomic mass is 10.1. The maximum atomic E-state index is 13.0. The monoisotopic (exact) mass is 450 g/mol. The fourth-order valence-corrected chi connectivity index (χ4v) is 4.97. The maximum Gasteiger partial charge on any atom is 0.236 e. The molecule has 1 amide bonds. The van der Waals surface area contributed by atoms with Crippen LogP contribution in [0.1, 0.15) is 26.7 Å². The number of likely N-dealkylation sites (tertiary alicyclic amines) is 1. The van der Waals surface area contributed by atoms with Crippen molar-refractivity contribution in [1.82, 2.24) is 24.8 Å². The molecule has 0 spiro atoms. The average Bonchev–Trinajstić information content (AvgIpc) is 3.32. The first-order chi connectivity index (χ1) is 16.1. The van der Waals surface area contributed by atoms with Gasteiger partial charge in [-0.3, -0.25) is 9.69 Å². The van der Waals surface area contributed by atoms with Gasteiger partial charge in [0.25, 0.3) is 0 Å². The van der Waals surface area contributed by atoms with E-state index >= 15 is 0 Å². The van der Waals surface area contributed by atoms with E-state index in [1.165, 1.54) is 11.1 Å². The number of rotatable bonds is 6. The van der Waals surface area contributed by atoms with Crippen LogP contribution in [0.4, 0.5) is 5.69 Å². The number of ether oxygens (including phenoxy) is 1. The second-order valence-electron chi connectivity index (χ2n) is 9.69. The number of pyridine rings is 2. The van der Waals surface area contributed by atoms with Crippen LogP contribution in [-0.2, 0) is 9.53 Å². The third-order valence-electron chi connectivity index (χ3n) is 6.74. The van der Waals surface area contributed by atoms with E-state index in [0.717, 1.165) is 75.3 Å². The van der Waals surface area contributed by atoms with Crippen molar-refractivity contribution in [3.8, 4) is 0 Å². The van der Waals surface area contributed by atoms with Crippen molar-refractivity contribution in [2.45, 2.75) is 32.8 Å². The Morgan fingerprint density at radius 1 is 1.18 bits per heavy atom. The predicted octanol–water partition coefficient (Wildman–Crippen LogP) is 2.90. The number of nitrogens with zero attached hydrogens (tertiary/aromatic N) is 5. The van der Waals surface area contributed by atoms with Crippen LogP contribution in [-0.4, -0.2) is 89.2 Å². The molecule has 176 valence electrons. The molecule has 0 radical (unpaired) electrons. The molecule has 8 nitrogen and oxygen atoms in total. The van der Waals surface area contributed by atoms with Gasteiger partial charge in [-0.25, -0.2) is 9.97 Å². The number of piperazine rings is 1. The number of nitrogens with one attached hydrogen (secondary N) is 1. The molecule has 0 bridgehead atoms. The minimum atomic E-state index is 0.183. The van der Waals surface area contributed by atoms with Crippen LogP contribution in [0.2, 0.25) is 0 Å². The fourth-order valence-electron chi connectivity index (χ4n) is 4.97. The Kier molecular flexibility index (Phi) is 6.46. The average molecular weight is 451 g/mol. The largest absolute Gasteiger partial charge is 0.376 e. The minimum absolute atomic E-state index is 0.183. The van der Waals surface area contributed by atoms with Gasteiger partial charge in [-0.05, 0) is 30.9 Å². The number of carbonyl (C=O) groups excluding carboxylic acids is 1. The molecular weight excluding hydrogens is 416 g/mol. The Hall–Kier alpha value is -2.71. The van der Waals surface area contributed by atoms with Gasteiger partial charge in [0.2, 0.25) is 5.91 Å². The van der Waals surface area contributed by atoms with E-state index in [0.29, 0.717) is 12.5 Å². The van der Waals surface area contributed by atoms with Gasteiger partial charge in [0, 0.05) is 74.7 Å². The number of amides is 1. The quantitative estimate of drug-likeness (QED) is 0.622. The lowest BCUT2D eigenvalue weighted by Gasteiger charge is -2.38. The number of piperidine rings is 1. The molecule has 5 rings (SSSR count). The zero-order chi connectivity index (χ0) is 22.8. The Morgan fingerprint density at radius 3 is 2.85 bits per heavy atom. The molecule has 2 aliphatic rings. The van der Waals surface area contributed by atoms with Crippen LogP contribution in [0.25, 0.3) is 21.9 Å².